The quantitative estimate of drug-likeness (QED) is 0.719. The maximum absolute atomic E-state index is 13.1. The summed E-state index contributed by atoms with van der Waals surface area (Å²) in [5, 5.41) is 4.04. The smallest absolute Gasteiger partial charge is 0.275 e. The Balaban J connectivity index is 1.90. The Hall–Kier alpha value is -2.72. The van der Waals surface area contributed by atoms with Crippen LogP contribution < -0.4 is 4.72 Å². The second-order valence-electron chi connectivity index (χ2n) is 5.73. The van der Waals surface area contributed by atoms with Gasteiger partial charge in [0.2, 0.25) is 10.0 Å². The number of aryl methyl sites for hydroxylation is 1. The molecule has 2 heterocycles. The van der Waals surface area contributed by atoms with Crippen molar-refractivity contribution in [2.24, 2.45) is 7.05 Å². The molecule has 0 fully saturated rings. The zero-order valence-corrected chi connectivity index (χ0v) is 14.9. The van der Waals surface area contributed by atoms with Gasteiger partial charge < -0.3 is 0 Å². The van der Waals surface area contributed by atoms with Crippen LogP contribution >= 0.6 is 0 Å². The van der Waals surface area contributed by atoms with E-state index in [9.17, 15) is 21.6 Å². The first-order chi connectivity index (χ1) is 12.7. The van der Waals surface area contributed by atoms with Crippen LogP contribution in [0.5, 0.6) is 0 Å². The average Bonchev–Trinajstić information content (AvgIpc) is 3.06. The van der Waals surface area contributed by atoms with Crippen LogP contribution in [0, 0.1) is 0 Å². The monoisotopic (exact) mass is 396 g/mol. The van der Waals surface area contributed by atoms with Crippen LogP contribution in [-0.2, 0) is 29.8 Å². The van der Waals surface area contributed by atoms with Crippen LogP contribution in [0.15, 0.2) is 59.9 Å². The predicted octanol–water partition coefficient (Wildman–Crippen LogP) is 2.98. The van der Waals surface area contributed by atoms with E-state index in [1.54, 1.807) is 42.5 Å². The molecule has 0 aliphatic rings. The van der Waals surface area contributed by atoms with Gasteiger partial charge >= 0.3 is 6.18 Å². The van der Waals surface area contributed by atoms with Crippen LogP contribution in [-0.4, -0.2) is 23.2 Å². The second-order valence-corrected chi connectivity index (χ2v) is 7.47. The van der Waals surface area contributed by atoms with Crippen molar-refractivity contribution in [3.8, 4) is 11.3 Å². The van der Waals surface area contributed by atoms with Crippen molar-refractivity contribution < 1.29 is 21.6 Å². The van der Waals surface area contributed by atoms with Gasteiger partial charge in [-0.25, -0.2) is 13.1 Å². The van der Waals surface area contributed by atoms with Gasteiger partial charge in [-0.3, -0.25) is 9.67 Å². The van der Waals surface area contributed by atoms with Crippen molar-refractivity contribution in [1.29, 1.82) is 0 Å². The van der Waals surface area contributed by atoms with Gasteiger partial charge in [-0.1, -0.05) is 18.2 Å². The summed E-state index contributed by atoms with van der Waals surface area (Å²) in [5.41, 5.74) is 0.468. The third-order valence-corrected chi connectivity index (χ3v) is 5.26. The molecule has 0 radical (unpaired) electrons. The predicted molar refractivity (Wildman–Crippen MR) is 91.9 cm³/mol. The summed E-state index contributed by atoms with van der Waals surface area (Å²) >= 11 is 0. The standard InChI is InChI=1S/C17H15F3N4O2S/c1-24-11-13(9-22-24)16-12(5-4-8-21-16)10-23-27(25,26)15-7-3-2-6-14(15)17(18,19)20/h2-9,11,23H,10H2,1H3. The molecule has 0 unspecified atom stereocenters. The highest BCUT2D eigenvalue weighted by Crippen LogP contribution is 2.34. The Bertz CT molecular complexity index is 1060. The number of nitrogens with one attached hydrogen (secondary N) is 1. The van der Waals surface area contributed by atoms with Crippen molar-refractivity contribution in [3.05, 3.63) is 66.1 Å². The Morgan fingerprint density at radius 2 is 1.89 bits per heavy atom. The van der Waals surface area contributed by atoms with E-state index in [2.05, 4.69) is 14.8 Å². The van der Waals surface area contributed by atoms with E-state index < -0.39 is 26.7 Å². The zero-order valence-electron chi connectivity index (χ0n) is 14.1. The Morgan fingerprint density at radius 3 is 2.56 bits per heavy atom. The normalized spacial score (nSPS) is 12.3. The van der Waals surface area contributed by atoms with E-state index in [4.69, 9.17) is 0 Å². The van der Waals surface area contributed by atoms with Gasteiger partial charge in [-0.2, -0.15) is 18.3 Å². The summed E-state index contributed by atoms with van der Waals surface area (Å²) in [6, 6.07) is 7.31. The van der Waals surface area contributed by atoms with Gasteiger partial charge in [0, 0.05) is 31.5 Å². The Kier molecular flexibility index (Phi) is 5.03. The third-order valence-electron chi connectivity index (χ3n) is 3.80. The number of benzene rings is 1. The molecule has 1 aromatic carbocycles. The minimum atomic E-state index is -4.78. The van der Waals surface area contributed by atoms with Crippen LogP contribution in [0.3, 0.4) is 0 Å². The summed E-state index contributed by atoms with van der Waals surface area (Å²) in [6.07, 6.45) is 0.0401. The van der Waals surface area contributed by atoms with E-state index in [0.717, 1.165) is 18.2 Å². The summed E-state index contributed by atoms with van der Waals surface area (Å²) in [6.45, 7) is -0.216. The van der Waals surface area contributed by atoms with Crippen LogP contribution in [0.4, 0.5) is 13.2 Å². The number of hydrogen-bond acceptors (Lipinski definition) is 4. The van der Waals surface area contributed by atoms with Crippen LogP contribution in [0.1, 0.15) is 11.1 Å². The molecule has 142 valence electrons. The lowest BCUT2D eigenvalue weighted by Gasteiger charge is -2.14. The minimum Gasteiger partial charge on any atom is -0.275 e. The van der Waals surface area contributed by atoms with Crippen molar-refractivity contribution >= 4 is 10.0 Å². The highest BCUT2D eigenvalue weighted by atomic mass is 32.2. The van der Waals surface area contributed by atoms with Gasteiger partial charge in [0.1, 0.15) is 0 Å². The van der Waals surface area contributed by atoms with E-state index in [-0.39, 0.29) is 6.54 Å². The summed E-state index contributed by atoms with van der Waals surface area (Å²) < 4.78 is 68.1. The number of halogens is 3. The number of rotatable bonds is 5. The van der Waals surface area contributed by atoms with E-state index >= 15 is 0 Å². The molecule has 10 heteroatoms. The van der Waals surface area contributed by atoms with Gasteiger partial charge in [0.15, 0.2) is 0 Å². The molecule has 3 rings (SSSR count). The van der Waals surface area contributed by atoms with Crippen molar-refractivity contribution in [3.63, 3.8) is 0 Å². The molecule has 0 spiro atoms. The Labute approximate surface area is 153 Å². The molecule has 2 aromatic heterocycles. The van der Waals surface area contributed by atoms with Gasteiger partial charge in [0.05, 0.1) is 22.3 Å². The SMILES string of the molecule is Cn1cc(-c2ncccc2CNS(=O)(=O)c2ccccc2C(F)(F)F)cn1. The van der Waals surface area contributed by atoms with Gasteiger partial charge in [-0.05, 0) is 23.8 Å². The topological polar surface area (TPSA) is 76.9 Å². The van der Waals surface area contributed by atoms with Crippen LogP contribution in [0.2, 0.25) is 0 Å². The molecule has 0 atom stereocenters. The molecule has 0 aliphatic carbocycles. The molecule has 0 amide bonds. The number of aromatic nitrogens is 3. The number of alkyl halides is 3. The summed E-state index contributed by atoms with van der Waals surface area (Å²) in [7, 11) is -2.66. The van der Waals surface area contributed by atoms with E-state index in [0.29, 0.717) is 16.8 Å². The molecule has 0 aliphatic heterocycles. The zero-order chi connectivity index (χ0) is 19.7. The number of pyridine rings is 1. The molecule has 0 saturated carbocycles. The lowest BCUT2D eigenvalue weighted by Crippen LogP contribution is -2.26. The molecule has 27 heavy (non-hydrogen) atoms. The van der Waals surface area contributed by atoms with Crippen molar-refractivity contribution in [2.75, 3.05) is 0 Å². The fraction of sp³-hybridized carbons (Fsp3) is 0.176. The molecular formula is C17H15F3N4O2S. The first-order valence-corrected chi connectivity index (χ1v) is 9.25. The Morgan fingerprint density at radius 1 is 1.15 bits per heavy atom. The highest BCUT2D eigenvalue weighted by molar-refractivity contribution is 7.89. The van der Waals surface area contributed by atoms with E-state index in [1.807, 2.05) is 0 Å². The van der Waals surface area contributed by atoms with Gasteiger partial charge in [0.25, 0.3) is 0 Å². The molecule has 0 saturated heterocycles. The third kappa shape index (κ3) is 4.17. The fourth-order valence-corrected chi connectivity index (χ4v) is 3.80. The molecular weight excluding hydrogens is 381 g/mol. The maximum Gasteiger partial charge on any atom is 0.417 e. The first kappa shape index (κ1) is 19.1. The number of hydrogen-bond donors (Lipinski definition) is 1. The maximum atomic E-state index is 13.1. The fourth-order valence-electron chi connectivity index (χ4n) is 2.57. The van der Waals surface area contributed by atoms with Crippen LogP contribution in [0.25, 0.3) is 11.3 Å². The number of sulfonamides is 1. The van der Waals surface area contributed by atoms with E-state index in [1.165, 1.54) is 6.07 Å². The summed E-state index contributed by atoms with van der Waals surface area (Å²) in [4.78, 5) is 3.41. The van der Waals surface area contributed by atoms with Crippen molar-refractivity contribution in [1.82, 2.24) is 19.5 Å². The minimum absolute atomic E-state index is 0.216. The second kappa shape index (κ2) is 7.12. The average molecular weight is 396 g/mol. The largest absolute Gasteiger partial charge is 0.417 e. The lowest BCUT2D eigenvalue weighted by atomic mass is 10.1. The molecule has 3 aromatic rings. The lowest BCUT2D eigenvalue weighted by molar-refractivity contribution is -0.139. The molecule has 1 N–H and O–H groups in total. The first-order valence-electron chi connectivity index (χ1n) is 7.77. The van der Waals surface area contributed by atoms with Crippen molar-refractivity contribution in [2.45, 2.75) is 17.6 Å². The molecule has 6 nitrogen and oxygen atoms in total. The summed E-state index contributed by atoms with van der Waals surface area (Å²) in [5.74, 6) is 0. The molecule has 0 bridgehead atoms. The number of nitrogens with zero attached hydrogens (tertiary/aromatic N) is 3. The highest BCUT2D eigenvalue weighted by Gasteiger charge is 2.36. The van der Waals surface area contributed by atoms with Gasteiger partial charge in [-0.15, -0.1) is 0 Å².